The Morgan fingerprint density at radius 2 is 1.31 bits per heavy atom. The summed E-state index contributed by atoms with van der Waals surface area (Å²) in [5, 5.41) is 28.5. The van der Waals surface area contributed by atoms with E-state index < -0.39 is 64.5 Å². The molecule has 0 spiro atoms. The largest absolute Gasteiger partial charge is 0.472 e. The second-order valence-electron chi connectivity index (χ2n) is 13.6. The third kappa shape index (κ3) is 34.9. The molecule has 0 aromatic heterocycles. The molecule has 4 N–H and O–H groups in total. The summed E-state index contributed by atoms with van der Waals surface area (Å²) in [4.78, 5) is 34.8. The molecule has 0 saturated carbocycles. The minimum absolute atomic E-state index is 0.0124. The Labute approximate surface area is 314 Å². The van der Waals surface area contributed by atoms with Crippen molar-refractivity contribution in [3.63, 3.8) is 0 Å². The van der Waals surface area contributed by atoms with E-state index in [0.717, 1.165) is 44.4 Å². The van der Waals surface area contributed by atoms with E-state index in [-0.39, 0.29) is 12.8 Å². The van der Waals surface area contributed by atoms with Crippen molar-refractivity contribution in [3.05, 3.63) is 48.6 Å². The van der Waals surface area contributed by atoms with Crippen LogP contribution in [-0.4, -0.2) is 76.9 Å². The zero-order valence-electron chi connectivity index (χ0n) is 32.3. The van der Waals surface area contributed by atoms with Gasteiger partial charge in [-0.2, -0.15) is 0 Å². The topological polar surface area (TPSA) is 169 Å². The molecule has 0 bridgehead atoms. The Morgan fingerprint density at radius 3 is 1.98 bits per heavy atom. The molecule has 302 valence electrons. The van der Waals surface area contributed by atoms with Gasteiger partial charge in [-0.3, -0.25) is 18.6 Å². The Kier molecular flexibility index (Phi) is 33.2. The van der Waals surface area contributed by atoms with Crippen LogP contribution in [0.5, 0.6) is 0 Å². The first-order valence-corrected chi connectivity index (χ1v) is 21.1. The van der Waals surface area contributed by atoms with Crippen LogP contribution in [0.25, 0.3) is 0 Å². The highest BCUT2D eigenvalue weighted by Gasteiger charge is 2.27. The van der Waals surface area contributed by atoms with Crippen molar-refractivity contribution in [1.82, 2.24) is 0 Å². The molecule has 11 nitrogen and oxygen atoms in total. The number of phosphoric acid groups is 1. The van der Waals surface area contributed by atoms with Gasteiger partial charge in [0.25, 0.3) is 0 Å². The maximum absolute atomic E-state index is 12.5. The van der Waals surface area contributed by atoms with Gasteiger partial charge in [-0.1, -0.05) is 134 Å². The van der Waals surface area contributed by atoms with E-state index in [9.17, 15) is 29.3 Å². The number of allylic oxidation sites excluding steroid dienone is 7. The van der Waals surface area contributed by atoms with Gasteiger partial charge in [0.15, 0.2) is 6.10 Å². The molecule has 0 heterocycles. The lowest BCUT2D eigenvalue weighted by molar-refractivity contribution is -0.161. The van der Waals surface area contributed by atoms with Crippen LogP contribution < -0.4 is 0 Å². The Morgan fingerprint density at radius 1 is 0.692 bits per heavy atom. The molecule has 0 aliphatic heterocycles. The van der Waals surface area contributed by atoms with Crippen LogP contribution >= 0.6 is 7.82 Å². The fraction of sp³-hybridized carbons (Fsp3) is 0.750. The molecule has 0 fully saturated rings. The van der Waals surface area contributed by atoms with E-state index >= 15 is 0 Å². The summed E-state index contributed by atoms with van der Waals surface area (Å²) in [6.07, 6.45) is 29.9. The molecular weight excluding hydrogens is 687 g/mol. The summed E-state index contributed by atoms with van der Waals surface area (Å²) in [6, 6.07) is 0. The number of esters is 2. The first-order valence-electron chi connectivity index (χ1n) is 19.6. The van der Waals surface area contributed by atoms with Gasteiger partial charge in [0.1, 0.15) is 12.7 Å². The SMILES string of the molecule is CCCCC/C=C\C/C=C\C/C=C\C=C\[C@@H](O)CCCC(=O)OC[C@H](COP(=O)(O)OC[C@@H](O)CO)OC(=O)CCCCCCCCCCC(C)C. The van der Waals surface area contributed by atoms with Crippen LogP contribution in [0.2, 0.25) is 0 Å². The average molecular weight is 759 g/mol. The third-order valence-electron chi connectivity index (χ3n) is 8.02. The van der Waals surface area contributed by atoms with Gasteiger partial charge in [0.2, 0.25) is 0 Å². The summed E-state index contributed by atoms with van der Waals surface area (Å²) >= 11 is 0. The molecule has 4 atom stereocenters. The number of carbonyl (C=O) groups is 2. The van der Waals surface area contributed by atoms with Crippen molar-refractivity contribution < 1.29 is 52.9 Å². The monoisotopic (exact) mass is 758 g/mol. The molecule has 0 rings (SSSR count). The molecule has 0 aliphatic carbocycles. The molecule has 0 radical (unpaired) electrons. The second-order valence-corrected chi connectivity index (χ2v) is 15.1. The normalized spacial score (nSPS) is 15.2. The Balaban J connectivity index is 4.56. The fourth-order valence-corrected chi connectivity index (χ4v) is 5.72. The van der Waals surface area contributed by atoms with Crippen molar-refractivity contribution in [2.45, 2.75) is 161 Å². The van der Waals surface area contributed by atoms with Gasteiger partial charge >= 0.3 is 19.8 Å². The zero-order chi connectivity index (χ0) is 38.7. The molecule has 0 aliphatic rings. The highest BCUT2D eigenvalue weighted by molar-refractivity contribution is 7.47. The van der Waals surface area contributed by atoms with Gasteiger partial charge in [0, 0.05) is 12.8 Å². The Bertz CT molecular complexity index is 1040. The van der Waals surface area contributed by atoms with Gasteiger partial charge in [-0.15, -0.1) is 0 Å². The standard InChI is InChI=1S/C40H71O11P/c1-4-5-6-7-8-9-10-11-12-13-17-20-23-27-36(42)28-25-30-39(44)48-33-38(34-50-52(46,47)49-32-37(43)31-41)51-40(45)29-24-21-18-15-14-16-19-22-26-35(2)3/h8-9,11-12,17,20,23,27,35-38,41-43H,4-7,10,13-16,18-19,21-22,24-26,28-34H2,1-3H3,(H,46,47)/b9-8-,12-11-,20-17-,27-23+/t36-,37+,38-/m1/s1. The van der Waals surface area contributed by atoms with Crippen LogP contribution in [0.3, 0.4) is 0 Å². The fourth-order valence-electron chi connectivity index (χ4n) is 4.93. The van der Waals surface area contributed by atoms with Crippen molar-refractivity contribution in [3.8, 4) is 0 Å². The van der Waals surface area contributed by atoms with E-state index in [4.69, 9.17) is 19.1 Å². The van der Waals surface area contributed by atoms with Crippen molar-refractivity contribution in [2.75, 3.05) is 26.4 Å². The predicted molar refractivity (Wildman–Crippen MR) is 206 cm³/mol. The van der Waals surface area contributed by atoms with Crippen molar-refractivity contribution >= 4 is 19.8 Å². The van der Waals surface area contributed by atoms with Gasteiger partial charge in [-0.05, 0) is 50.9 Å². The minimum Gasteiger partial charge on any atom is -0.462 e. The Hall–Kier alpha value is -2.11. The van der Waals surface area contributed by atoms with Crippen molar-refractivity contribution in [2.24, 2.45) is 5.92 Å². The number of phosphoric ester groups is 1. The third-order valence-corrected chi connectivity index (χ3v) is 8.97. The smallest absolute Gasteiger partial charge is 0.462 e. The molecular formula is C40H71O11P. The highest BCUT2D eigenvalue weighted by atomic mass is 31.2. The molecule has 0 aromatic carbocycles. The zero-order valence-corrected chi connectivity index (χ0v) is 33.2. The quantitative estimate of drug-likeness (QED) is 0.0161. The van der Waals surface area contributed by atoms with E-state index in [1.54, 1.807) is 12.2 Å². The molecule has 0 amide bonds. The molecule has 0 saturated heterocycles. The lowest BCUT2D eigenvalue weighted by atomic mass is 10.0. The number of aliphatic hydroxyl groups is 3. The number of hydrogen-bond donors (Lipinski definition) is 4. The lowest BCUT2D eigenvalue weighted by Gasteiger charge is -2.20. The number of hydrogen-bond acceptors (Lipinski definition) is 10. The number of carbonyl (C=O) groups excluding carboxylic acids is 2. The molecule has 12 heteroatoms. The van der Waals surface area contributed by atoms with E-state index in [1.165, 1.54) is 51.4 Å². The van der Waals surface area contributed by atoms with Gasteiger partial charge < -0.3 is 29.7 Å². The van der Waals surface area contributed by atoms with E-state index in [1.807, 2.05) is 12.2 Å². The summed E-state index contributed by atoms with van der Waals surface area (Å²) in [6.45, 7) is 4.36. The van der Waals surface area contributed by atoms with Crippen LogP contribution in [0.4, 0.5) is 0 Å². The van der Waals surface area contributed by atoms with Crippen LogP contribution in [0.1, 0.15) is 143 Å². The highest BCUT2D eigenvalue weighted by Crippen LogP contribution is 2.43. The lowest BCUT2D eigenvalue weighted by Crippen LogP contribution is -2.30. The average Bonchev–Trinajstić information content (AvgIpc) is 3.11. The number of ether oxygens (including phenoxy) is 2. The first kappa shape index (κ1) is 49.9. The van der Waals surface area contributed by atoms with Crippen LogP contribution in [-0.2, 0) is 32.7 Å². The van der Waals surface area contributed by atoms with Gasteiger partial charge in [0.05, 0.1) is 25.9 Å². The summed E-state index contributed by atoms with van der Waals surface area (Å²) in [5.41, 5.74) is 0. The van der Waals surface area contributed by atoms with Crippen molar-refractivity contribution in [1.29, 1.82) is 0 Å². The first-order chi connectivity index (χ1) is 25.0. The van der Waals surface area contributed by atoms with Crippen LogP contribution in [0.15, 0.2) is 48.6 Å². The maximum atomic E-state index is 12.5. The predicted octanol–water partition coefficient (Wildman–Crippen LogP) is 8.60. The van der Waals surface area contributed by atoms with Crippen LogP contribution in [0, 0.1) is 5.92 Å². The maximum Gasteiger partial charge on any atom is 0.472 e. The van der Waals surface area contributed by atoms with E-state index in [2.05, 4.69) is 49.6 Å². The molecule has 52 heavy (non-hydrogen) atoms. The number of unbranched alkanes of at least 4 members (excludes halogenated alkanes) is 10. The number of rotatable bonds is 35. The second kappa shape index (κ2) is 34.6. The minimum atomic E-state index is -4.66. The number of aliphatic hydroxyl groups excluding tert-OH is 3. The summed E-state index contributed by atoms with van der Waals surface area (Å²) in [5.74, 6) is -0.390. The summed E-state index contributed by atoms with van der Waals surface area (Å²) in [7, 11) is -4.66. The molecule has 0 aromatic rings. The van der Waals surface area contributed by atoms with E-state index in [0.29, 0.717) is 19.3 Å². The molecule has 1 unspecified atom stereocenters. The van der Waals surface area contributed by atoms with Gasteiger partial charge in [-0.25, -0.2) is 4.57 Å². The summed E-state index contributed by atoms with van der Waals surface area (Å²) < 4.78 is 32.4.